The Kier molecular flexibility index (Phi) is 12.0. The Balaban J connectivity index is 0.00000642. The van der Waals surface area contributed by atoms with E-state index in [1.807, 2.05) is 0 Å². The van der Waals surface area contributed by atoms with Gasteiger partial charge in [0.2, 0.25) is 23.3 Å². The number of hydrogen-bond acceptors (Lipinski definition) is 2. The van der Waals surface area contributed by atoms with Crippen molar-refractivity contribution in [1.82, 2.24) is 19.9 Å². The minimum Gasteiger partial charge on any atom is -0.354 e. The predicted octanol–water partition coefficient (Wildman–Crippen LogP) is 13.7. The highest BCUT2D eigenvalue weighted by Crippen LogP contribution is 2.44. The first-order valence-electron chi connectivity index (χ1n) is 18.3. The Morgan fingerprint density at radius 3 is 0.522 bits per heavy atom. The third-order valence-corrected chi connectivity index (χ3v) is 10.6. The van der Waals surface area contributed by atoms with E-state index in [0.717, 1.165) is 0 Å². The summed E-state index contributed by atoms with van der Waals surface area (Å²) in [5.41, 5.74) is -20.5. The fraction of sp³-hybridized carbons (Fsp3) is 0. The highest BCUT2D eigenvalue weighted by atomic mass is 24.3. The molecule has 4 nitrogen and oxygen atoms in total. The summed E-state index contributed by atoms with van der Waals surface area (Å²) in [7, 11) is 0. The minimum atomic E-state index is -2.72. The molecule has 2 radical (unpaired) electrons. The van der Waals surface area contributed by atoms with Gasteiger partial charge >= 0.3 is 0 Å². The van der Waals surface area contributed by atoms with E-state index in [1.165, 1.54) is 0 Å². The smallest absolute Gasteiger partial charge is 0.200 e. The molecule has 5 heterocycles. The number of rotatable bonds is 4. The van der Waals surface area contributed by atoms with Crippen molar-refractivity contribution in [3.8, 4) is 44.5 Å². The van der Waals surface area contributed by atoms with Crippen molar-refractivity contribution in [2.45, 2.75) is 0 Å². The quantitative estimate of drug-likeness (QED) is 0.0799. The number of hydrogen-bond donors (Lipinski definition) is 2. The Labute approximate surface area is 384 Å². The van der Waals surface area contributed by atoms with Crippen LogP contribution in [0.1, 0.15) is 22.8 Å². The van der Waals surface area contributed by atoms with Gasteiger partial charge in [-0.3, -0.25) is 0 Å². The van der Waals surface area contributed by atoms with Gasteiger partial charge in [0.05, 0.1) is 45.0 Å². The molecule has 2 aliphatic heterocycles. The van der Waals surface area contributed by atoms with E-state index in [9.17, 15) is 52.7 Å². The van der Waals surface area contributed by atoms with Crippen LogP contribution in [0.4, 0.5) is 87.8 Å². The van der Waals surface area contributed by atoms with Crippen molar-refractivity contribution in [1.29, 1.82) is 0 Å². The van der Waals surface area contributed by atoms with Crippen molar-refractivity contribution in [2.24, 2.45) is 0 Å². The molecule has 69 heavy (non-hydrogen) atoms. The Morgan fingerprint density at radius 1 is 0.217 bits per heavy atom. The van der Waals surface area contributed by atoms with E-state index in [4.69, 9.17) is 0 Å². The van der Waals surface area contributed by atoms with Gasteiger partial charge in [0.1, 0.15) is 0 Å². The average molecular weight is 999 g/mol. The molecular formula is C44H10F20MgN4. The van der Waals surface area contributed by atoms with Gasteiger partial charge in [-0.2, -0.15) is 0 Å². The highest BCUT2D eigenvalue weighted by molar-refractivity contribution is 6.00. The van der Waals surface area contributed by atoms with Crippen molar-refractivity contribution in [2.75, 3.05) is 0 Å². The molecule has 7 aromatic rings. The second-order valence-corrected chi connectivity index (χ2v) is 14.3. The van der Waals surface area contributed by atoms with Gasteiger partial charge in [-0.1, -0.05) is 0 Å². The van der Waals surface area contributed by atoms with E-state index < -0.39 is 206 Å². The number of halogens is 20. The number of nitrogens with one attached hydrogen (secondary N) is 2. The summed E-state index contributed by atoms with van der Waals surface area (Å²) < 4.78 is 303. The zero-order valence-corrected chi connectivity index (χ0v) is 34.2. The molecule has 4 aromatic carbocycles. The molecule has 348 valence electrons. The lowest BCUT2D eigenvalue weighted by atomic mass is 10.0. The van der Waals surface area contributed by atoms with Gasteiger partial charge in [0.15, 0.2) is 93.1 Å². The zero-order chi connectivity index (χ0) is 49.3. The largest absolute Gasteiger partial charge is 0.354 e. The first kappa shape index (κ1) is 48.3. The van der Waals surface area contributed by atoms with Crippen LogP contribution in [0.25, 0.3) is 90.9 Å². The van der Waals surface area contributed by atoms with Crippen LogP contribution in [0.15, 0.2) is 24.3 Å². The van der Waals surface area contributed by atoms with Crippen molar-refractivity contribution < 1.29 is 87.8 Å². The molecule has 0 aliphatic carbocycles. The van der Waals surface area contributed by atoms with E-state index in [2.05, 4.69) is 19.9 Å². The molecule has 0 fully saturated rings. The van der Waals surface area contributed by atoms with Crippen LogP contribution in [0.3, 0.4) is 0 Å². The summed E-state index contributed by atoms with van der Waals surface area (Å²) in [6.45, 7) is 0. The van der Waals surface area contributed by atoms with Crippen LogP contribution in [-0.4, -0.2) is 43.0 Å². The number of H-pyrrole nitrogens is 2. The molecule has 2 N–H and O–H groups in total. The van der Waals surface area contributed by atoms with Crippen LogP contribution in [0.5, 0.6) is 0 Å². The second kappa shape index (κ2) is 17.1. The number of aromatic nitrogens is 4. The van der Waals surface area contributed by atoms with Crippen LogP contribution < -0.4 is 0 Å². The van der Waals surface area contributed by atoms with Gasteiger partial charge in [-0.05, 0) is 48.6 Å². The molecule has 0 atom stereocenters. The third kappa shape index (κ3) is 7.05. The van der Waals surface area contributed by atoms with Gasteiger partial charge in [-0.25, -0.2) is 97.8 Å². The SMILES string of the molecule is Fc1c(F)c(F)c(-c2c3nc(c(-c4c(F)c(F)c(F)c(F)c4F)c4ccc([nH]4)c(-c4c(F)c(F)c(F)c(F)c4F)c4nc(c(-c5c(F)c(F)c(F)c(F)c5F)c5ccc2[nH]5)C=C4)C=C3)c(F)c1F.[Mg]. The lowest BCUT2D eigenvalue weighted by Gasteiger charge is -2.12. The first-order valence-corrected chi connectivity index (χ1v) is 18.3. The molecule has 0 unspecified atom stereocenters. The lowest BCUT2D eigenvalue weighted by Crippen LogP contribution is -2.06. The van der Waals surface area contributed by atoms with Crippen LogP contribution in [0.2, 0.25) is 0 Å². The van der Waals surface area contributed by atoms with E-state index in [1.54, 1.807) is 0 Å². The van der Waals surface area contributed by atoms with Crippen molar-refractivity contribution in [3.05, 3.63) is 163 Å². The second-order valence-electron chi connectivity index (χ2n) is 14.3. The number of aromatic amines is 2. The molecule has 8 bridgehead atoms. The fourth-order valence-electron chi connectivity index (χ4n) is 7.56. The zero-order valence-electron chi connectivity index (χ0n) is 32.8. The van der Waals surface area contributed by atoms with Gasteiger partial charge in [0.25, 0.3) is 0 Å². The number of benzene rings is 4. The maximum absolute atomic E-state index is 15.8. The average Bonchev–Trinajstić information content (AvgIpc) is 4.18. The standard InChI is InChI=1S/C44H10F20N4.Mg/c45-25-21(26(46)34(54)41(61)33(25)53)17-9-1-2-10(65-9)18(22-27(47)35(55)42(62)36(56)28(22)48)12-5-6-14(67-12)20(24-31(51)39(59)44(64)40(60)32(24)52)16-8-7-15(68-16)19(13-4-3-11(17)66-13)23-29(49)37(57)43(63)38(58)30(23)50;/h1-8,65,68H;. The minimum absolute atomic E-state index is 0. The molecule has 0 saturated heterocycles. The molecule has 2 aliphatic rings. The normalized spacial score (nSPS) is 12.1. The van der Waals surface area contributed by atoms with Gasteiger partial charge in [-0.15, -0.1) is 0 Å². The third-order valence-electron chi connectivity index (χ3n) is 10.6. The lowest BCUT2D eigenvalue weighted by molar-refractivity contribution is 0.381. The highest BCUT2D eigenvalue weighted by Gasteiger charge is 2.35. The molecular weight excluding hydrogens is 989 g/mol. The summed E-state index contributed by atoms with van der Waals surface area (Å²) in [6, 6.07) is 2.51. The summed E-state index contributed by atoms with van der Waals surface area (Å²) in [5.74, 6) is -52.6. The van der Waals surface area contributed by atoms with E-state index in [-0.39, 0.29) is 23.1 Å². The Morgan fingerprint density at radius 2 is 0.362 bits per heavy atom. The Hall–Kier alpha value is -7.15. The molecule has 25 heteroatoms. The fourth-order valence-corrected chi connectivity index (χ4v) is 7.56. The van der Waals surface area contributed by atoms with Crippen molar-refractivity contribution >= 4 is 69.4 Å². The summed E-state index contributed by atoms with van der Waals surface area (Å²) in [5, 5.41) is 0. The van der Waals surface area contributed by atoms with E-state index >= 15 is 35.1 Å². The summed E-state index contributed by atoms with van der Waals surface area (Å²) in [6.07, 6.45) is 2.40. The van der Waals surface area contributed by atoms with Crippen molar-refractivity contribution in [3.63, 3.8) is 0 Å². The molecule has 3 aromatic heterocycles. The van der Waals surface area contributed by atoms with Gasteiger partial charge in [0, 0.05) is 67.4 Å². The summed E-state index contributed by atoms with van der Waals surface area (Å²) >= 11 is 0. The molecule has 0 spiro atoms. The summed E-state index contributed by atoms with van der Waals surface area (Å²) in [4.78, 5) is 12.3. The van der Waals surface area contributed by atoms with Crippen LogP contribution >= 0.6 is 0 Å². The maximum atomic E-state index is 15.8. The number of nitrogens with zero attached hydrogens (tertiary/aromatic N) is 2. The molecule has 0 amide bonds. The Bertz CT molecular complexity index is 3120. The molecule has 9 rings (SSSR count). The van der Waals surface area contributed by atoms with E-state index in [0.29, 0.717) is 48.6 Å². The predicted molar refractivity (Wildman–Crippen MR) is 206 cm³/mol. The maximum Gasteiger partial charge on any atom is 0.200 e. The monoisotopic (exact) mass is 998 g/mol. The molecule has 0 saturated carbocycles. The topological polar surface area (TPSA) is 57.4 Å². The first-order chi connectivity index (χ1) is 32.1. The number of fused-ring (bicyclic) bond motifs is 8. The van der Waals surface area contributed by atoms with Crippen LogP contribution in [0, 0.1) is 116 Å². The van der Waals surface area contributed by atoms with Gasteiger partial charge < -0.3 is 9.97 Å². The van der Waals surface area contributed by atoms with Crippen LogP contribution in [-0.2, 0) is 0 Å².